The van der Waals surface area contributed by atoms with Crippen LogP contribution in [0.2, 0.25) is 0 Å². The van der Waals surface area contributed by atoms with Gasteiger partial charge < -0.3 is 9.47 Å². The van der Waals surface area contributed by atoms with Crippen LogP contribution in [0.15, 0.2) is 164 Å². The predicted molar refractivity (Wildman–Crippen MR) is 293 cm³/mol. The van der Waals surface area contributed by atoms with Gasteiger partial charge in [0.05, 0.1) is 16.7 Å². The van der Waals surface area contributed by atoms with E-state index in [0.29, 0.717) is 17.8 Å². The highest BCUT2D eigenvalue weighted by Gasteiger charge is 2.38. The van der Waals surface area contributed by atoms with Gasteiger partial charge in [-0.3, -0.25) is 0 Å². The van der Waals surface area contributed by atoms with Gasteiger partial charge in [-0.15, -0.1) is 0 Å². The van der Waals surface area contributed by atoms with Crippen LogP contribution in [0.1, 0.15) is 156 Å². The van der Waals surface area contributed by atoms with Crippen LogP contribution in [-0.4, -0.2) is 4.57 Å². The van der Waals surface area contributed by atoms with Crippen molar-refractivity contribution in [3.8, 4) is 27.9 Å². The number of anilines is 3. The Morgan fingerprint density at radius 3 is 1.80 bits per heavy atom. The number of rotatable bonds is 8. The Balaban J connectivity index is 0.994. The first-order valence-corrected chi connectivity index (χ1v) is 26.8. The van der Waals surface area contributed by atoms with Crippen molar-refractivity contribution in [1.82, 2.24) is 4.57 Å². The number of para-hydroxylation sites is 2. The van der Waals surface area contributed by atoms with Crippen LogP contribution >= 0.6 is 0 Å². The molecule has 8 aromatic carbocycles. The molecule has 0 spiro atoms. The van der Waals surface area contributed by atoms with Crippen LogP contribution < -0.4 is 4.90 Å². The molecule has 0 aliphatic heterocycles. The maximum atomic E-state index is 2.60. The average Bonchev–Trinajstić information content (AvgIpc) is 3.88. The number of hydrogen-bond acceptors (Lipinski definition) is 1. The minimum atomic E-state index is -0.0657. The molecule has 3 fully saturated rings. The van der Waals surface area contributed by atoms with Crippen LogP contribution in [0.5, 0.6) is 0 Å². The lowest BCUT2D eigenvalue weighted by Gasteiger charge is -2.30. The second-order valence-electron chi connectivity index (χ2n) is 21.9. The number of aromatic nitrogens is 1. The molecule has 13 rings (SSSR count). The number of nitrogens with zero attached hydrogens (tertiary/aromatic N) is 2. The Hall–Kier alpha value is -6.38. The van der Waals surface area contributed by atoms with Crippen LogP contribution in [-0.2, 0) is 5.41 Å². The second-order valence-corrected chi connectivity index (χ2v) is 21.9. The lowest BCUT2D eigenvalue weighted by atomic mass is 9.78. The van der Waals surface area contributed by atoms with Gasteiger partial charge in [-0.2, -0.15) is 0 Å². The Bertz CT molecular complexity index is 3350. The summed E-state index contributed by atoms with van der Waals surface area (Å²) in [6.07, 6.45) is 19.8. The van der Waals surface area contributed by atoms with Crippen LogP contribution in [0.25, 0.3) is 60.5 Å². The topological polar surface area (TPSA) is 8.17 Å². The average molecular weight is 899 g/mol. The third-order valence-corrected chi connectivity index (χ3v) is 17.6. The summed E-state index contributed by atoms with van der Waals surface area (Å²) in [5.74, 6) is 1.88. The number of benzene rings is 8. The van der Waals surface area contributed by atoms with E-state index in [9.17, 15) is 0 Å². The molecule has 2 heteroatoms. The molecule has 4 aliphatic carbocycles. The lowest BCUT2D eigenvalue weighted by molar-refractivity contribution is 0.443. The maximum Gasteiger partial charge on any atom is 0.0575 e. The van der Waals surface area contributed by atoms with E-state index >= 15 is 0 Å². The van der Waals surface area contributed by atoms with Crippen molar-refractivity contribution in [2.24, 2.45) is 0 Å². The van der Waals surface area contributed by atoms with Gasteiger partial charge in [0.2, 0.25) is 0 Å². The normalized spacial score (nSPS) is 17.7. The lowest BCUT2D eigenvalue weighted by Crippen LogP contribution is -2.16. The van der Waals surface area contributed by atoms with Crippen molar-refractivity contribution in [1.29, 1.82) is 0 Å². The number of fused-ring (bicyclic) bond motifs is 7. The third-order valence-electron chi connectivity index (χ3n) is 17.6. The zero-order valence-electron chi connectivity index (χ0n) is 40.8. The van der Waals surface area contributed by atoms with E-state index < -0.39 is 0 Å². The van der Waals surface area contributed by atoms with Crippen molar-refractivity contribution in [2.45, 2.75) is 133 Å². The van der Waals surface area contributed by atoms with Gasteiger partial charge in [-0.05, 0) is 160 Å². The Morgan fingerprint density at radius 2 is 1.06 bits per heavy atom. The Labute approximate surface area is 410 Å². The summed E-state index contributed by atoms with van der Waals surface area (Å²) in [6, 6.07) is 64.0. The molecule has 4 aliphatic rings. The van der Waals surface area contributed by atoms with E-state index in [4.69, 9.17) is 0 Å². The first-order valence-electron chi connectivity index (χ1n) is 26.8. The fourth-order valence-electron chi connectivity index (χ4n) is 14.1. The van der Waals surface area contributed by atoms with E-state index in [-0.39, 0.29) is 5.41 Å². The Morgan fingerprint density at radius 1 is 0.449 bits per heavy atom. The molecule has 9 aromatic rings. The fourth-order valence-corrected chi connectivity index (χ4v) is 14.1. The molecule has 1 aromatic heterocycles. The molecule has 0 atom stereocenters. The molecule has 2 nitrogen and oxygen atoms in total. The van der Waals surface area contributed by atoms with Crippen molar-refractivity contribution < 1.29 is 0 Å². The third kappa shape index (κ3) is 7.27. The number of hydrogen-bond donors (Lipinski definition) is 0. The van der Waals surface area contributed by atoms with Crippen LogP contribution in [0.4, 0.5) is 17.1 Å². The molecule has 3 saturated carbocycles. The first kappa shape index (κ1) is 42.7. The molecular formula is C67H66N2. The van der Waals surface area contributed by atoms with Gasteiger partial charge >= 0.3 is 0 Å². The molecule has 0 saturated heterocycles. The summed E-state index contributed by atoms with van der Waals surface area (Å²) in [4.78, 5) is 2.60. The summed E-state index contributed by atoms with van der Waals surface area (Å²) < 4.78 is 2.58. The van der Waals surface area contributed by atoms with Gasteiger partial charge in [-0.1, -0.05) is 187 Å². The summed E-state index contributed by atoms with van der Waals surface area (Å²) in [5.41, 5.74) is 20.4. The van der Waals surface area contributed by atoms with Gasteiger partial charge in [0, 0.05) is 38.8 Å². The second kappa shape index (κ2) is 17.5. The predicted octanol–water partition coefficient (Wildman–Crippen LogP) is 19.5. The molecule has 0 radical (unpaired) electrons. The monoisotopic (exact) mass is 899 g/mol. The van der Waals surface area contributed by atoms with Crippen molar-refractivity contribution in [3.63, 3.8) is 0 Å². The first-order chi connectivity index (χ1) is 34.0. The summed E-state index contributed by atoms with van der Waals surface area (Å²) in [6.45, 7) is 4.90. The van der Waals surface area contributed by atoms with E-state index in [1.165, 1.54) is 196 Å². The molecule has 0 amide bonds. The molecule has 1 heterocycles. The van der Waals surface area contributed by atoms with Crippen molar-refractivity contribution in [2.75, 3.05) is 4.90 Å². The van der Waals surface area contributed by atoms with Crippen LogP contribution in [0.3, 0.4) is 0 Å². The smallest absolute Gasteiger partial charge is 0.0575 e. The highest BCUT2D eigenvalue weighted by atomic mass is 15.1. The summed E-state index contributed by atoms with van der Waals surface area (Å²) in [7, 11) is 0. The van der Waals surface area contributed by atoms with Gasteiger partial charge in [-0.25, -0.2) is 0 Å². The largest absolute Gasteiger partial charge is 0.310 e. The molecule has 344 valence electrons. The minimum Gasteiger partial charge on any atom is -0.310 e. The molecule has 0 unspecified atom stereocenters. The van der Waals surface area contributed by atoms with Gasteiger partial charge in [0.1, 0.15) is 0 Å². The molecular weight excluding hydrogens is 833 g/mol. The zero-order valence-corrected chi connectivity index (χ0v) is 40.8. The van der Waals surface area contributed by atoms with E-state index in [1.807, 2.05) is 0 Å². The molecule has 69 heavy (non-hydrogen) atoms. The molecule has 0 N–H and O–H groups in total. The van der Waals surface area contributed by atoms with Crippen molar-refractivity contribution >= 4 is 49.6 Å². The standard InChI is InChI=1S/C67H66N2/c1-67(2)60-42-41-53(44-59(60)65-55(27-17-30-61(65)67)47-20-8-4-9-21-47)68(51-37-32-46(33-38-51)45-18-6-3-7-19-45)63-43-36-49-24-12-13-25-54(49)64(63)50-34-39-52(40-35-50)69-62-31-15-14-26-57(62)58-29-16-28-56(66(58)69)48-22-10-5-11-23-48/h12-17,24-45,47-48H,3-11,18-23H2,1-2H3. The van der Waals surface area contributed by atoms with E-state index in [0.717, 1.165) is 0 Å². The highest BCUT2D eigenvalue weighted by molar-refractivity contribution is 6.11. The minimum absolute atomic E-state index is 0.0657. The van der Waals surface area contributed by atoms with E-state index in [1.54, 1.807) is 5.56 Å². The Kier molecular flexibility index (Phi) is 10.9. The van der Waals surface area contributed by atoms with Crippen LogP contribution in [0, 0.1) is 0 Å². The molecule has 0 bridgehead atoms. The quantitative estimate of drug-likeness (QED) is 0.148. The van der Waals surface area contributed by atoms with Gasteiger partial charge in [0.25, 0.3) is 0 Å². The zero-order chi connectivity index (χ0) is 46.1. The summed E-state index contributed by atoms with van der Waals surface area (Å²) >= 11 is 0. The highest BCUT2D eigenvalue weighted by Crippen LogP contribution is 2.55. The maximum absolute atomic E-state index is 2.60. The van der Waals surface area contributed by atoms with Gasteiger partial charge in [0.15, 0.2) is 0 Å². The van der Waals surface area contributed by atoms with E-state index in [2.05, 4.69) is 187 Å². The SMILES string of the molecule is CC1(C)c2ccc(N(c3ccc(C4CCCCC4)cc3)c3ccc4ccccc4c3-c3ccc(-n4c5ccccc5c5cccc(C6CCCCC6)c54)cc3)cc2-c2c(C3CCCCC3)cccc21. The van der Waals surface area contributed by atoms with Crippen molar-refractivity contribution in [3.05, 3.63) is 192 Å². The summed E-state index contributed by atoms with van der Waals surface area (Å²) in [5, 5.41) is 5.23. The fraction of sp³-hybridized carbons (Fsp3) is 0.313.